The number of hydrogen-bond donors (Lipinski definition) is 3. The maximum atomic E-state index is 11.6. The van der Waals surface area contributed by atoms with Gasteiger partial charge in [0.2, 0.25) is 11.8 Å². The third kappa shape index (κ3) is 3.87. The van der Waals surface area contributed by atoms with E-state index in [9.17, 15) is 9.59 Å². The van der Waals surface area contributed by atoms with Crippen LogP contribution in [-0.4, -0.2) is 37.5 Å². The summed E-state index contributed by atoms with van der Waals surface area (Å²) in [6, 6.07) is 0.255. The third-order valence-electron chi connectivity index (χ3n) is 2.66. The van der Waals surface area contributed by atoms with E-state index in [0.717, 1.165) is 13.0 Å². The van der Waals surface area contributed by atoms with E-state index in [1.807, 2.05) is 6.92 Å². The molecule has 1 fully saturated rings. The Hall–Kier alpha value is -1.10. The highest BCUT2D eigenvalue weighted by Gasteiger charge is 2.28. The molecule has 1 aliphatic heterocycles. The largest absolute Gasteiger partial charge is 0.355 e. The van der Waals surface area contributed by atoms with Crippen LogP contribution in [0, 0.1) is 5.92 Å². The zero-order chi connectivity index (χ0) is 11.3. The van der Waals surface area contributed by atoms with Crippen LogP contribution in [-0.2, 0) is 9.59 Å². The average Bonchev–Trinajstić information content (AvgIpc) is 2.58. The van der Waals surface area contributed by atoms with E-state index in [-0.39, 0.29) is 23.8 Å². The predicted octanol–water partition coefficient (Wildman–Crippen LogP) is -0.763. The van der Waals surface area contributed by atoms with Gasteiger partial charge >= 0.3 is 0 Å². The molecule has 0 saturated carbocycles. The first-order valence-electron chi connectivity index (χ1n) is 5.37. The average molecular weight is 213 g/mol. The van der Waals surface area contributed by atoms with Crippen molar-refractivity contribution in [2.24, 2.45) is 5.92 Å². The Morgan fingerprint density at radius 1 is 1.33 bits per heavy atom. The van der Waals surface area contributed by atoms with Gasteiger partial charge in [0.1, 0.15) is 0 Å². The lowest BCUT2D eigenvalue weighted by molar-refractivity contribution is -0.125. The number of rotatable bonds is 4. The van der Waals surface area contributed by atoms with Gasteiger partial charge in [0.05, 0.1) is 5.92 Å². The fourth-order valence-electron chi connectivity index (χ4n) is 1.77. The van der Waals surface area contributed by atoms with Crippen molar-refractivity contribution in [3.63, 3.8) is 0 Å². The Morgan fingerprint density at radius 3 is 2.53 bits per heavy atom. The molecule has 0 bridgehead atoms. The Kier molecular flexibility index (Phi) is 4.55. The van der Waals surface area contributed by atoms with Crippen LogP contribution in [0.1, 0.15) is 20.3 Å². The number of hydrogen-bond acceptors (Lipinski definition) is 3. The Labute approximate surface area is 90.0 Å². The van der Waals surface area contributed by atoms with Gasteiger partial charge in [-0.05, 0) is 19.9 Å². The molecule has 2 amide bonds. The number of nitrogens with one attached hydrogen (secondary N) is 3. The topological polar surface area (TPSA) is 70.2 Å². The van der Waals surface area contributed by atoms with Gasteiger partial charge in [-0.25, -0.2) is 0 Å². The van der Waals surface area contributed by atoms with Crippen molar-refractivity contribution in [3.05, 3.63) is 0 Å². The molecule has 1 aliphatic rings. The summed E-state index contributed by atoms with van der Waals surface area (Å²) < 4.78 is 0. The van der Waals surface area contributed by atoms with Crippen molar-refractivity contribution in [1.29, 1.82) is 0 Å². The molecule has 0 aromatic rings. The minimum absolute atomic E-state index is 0.0693. The van der Waals surface area contributed by atoms with Crippen molar-refractivity contribution in [2.75, 3.05) is 19.6 Å². The molecule has 1 heterocycles. The molecule has 0 radical (unpaired) electrons. The SMILES string of the molecule is CC(=O)NCCNC(=O)C1CCNC1C. The van der Waals surface area contributed by atoms with Crippen LogP contribution in [0.5, 0.6) is 0 Å². The maximum Gasteiger partial charge on any atom is 0.224 e. The van der Waals surface area contributed by atoms with E-state index in [4.69, 9.17) is 0 Å². The molecule has 15 heavy (non-hydrogen) atoms. The maximum absolute atomic E-state index is 11.6. The summed E-state index contributed by atoms with van der Waals surface area (Å²) in [6.07, 6.45) is 0.896. The van der Waals surface area contributed by atoms with Crippen LogP contribution in [0.15, 0.2) is 0 Å². The Balaban J connectivity index is 2.15. The first-order chi connectivity index (χ1) is 7.11. The number of amides is 2. The fourth-order valence-corrected chi connectivity index (χ4v) is 1.77. The van der Waals surface area contributed by atoms with Gasteiger partial charge in [-0.15, -0.1) is 0 Å². The number of carbonyl (C=O) groups is 2. The first-order valence-corrected chi connectivity index (χ1v) is 5.37. The smallest absolute Gasteiger partial charge is 0.224 e. The molecule has 1 rings (SSSR count). The summed E-state index contributed by atoms with van der Waals surface area (Å²) in [5, 5.41) is 8.68. The first kappa shape index (κ1) is 12.0. The van der Waals surface area contributed by atoms with Crippen LogP contribution in [0.2, 0.25) is 0 Å². The van der Waals surface area contributed by atoms with Gasteiger partial charge in [-0.3, -0.25) is 9.59 Å². The van der Waals surface area contributed by atoms with E-state index in [2.05, 4.69) is 16.0 Å². The Morgan fingerprint density at radius 2 is 2.00 bits per heavy atom. The summed E-state index contributed by atoms with van der Waals surface area (Å²) in [6.45, 7) is 5.39. The molecule has 2 unspecified atom stereocenters. The molecule has 0 aromatic carbocycles. The molecule has 3 N–H and O–H groups in total. The van der Waals surface area contributed by atoms with Gasteiger partial charge < -0.3 is 16.0 Å². The van der Waals surface area contributed by atoms with Crippen LogP contribution in [0.3, 0.4) is 0 Å². The van der Waals surface area contributed by atoms with Gasteiger partial charge in [0.15, 0.2) is 0 Å². The molecular weight excluding hydrogens is 194 g/mol. The lowest BCUT2D eigenvalue weighted by Crippen LogP contribution is -2.40. The fraction of sp³-hybridized carbons (Fsp3) is 0.800. The molecule has 86 valence electrons. The van der Waals surface area contributed by atoms with Gasteiger partial charge in [-0.1, -0.05) is 0 Å². The standard InChI is InChI=1S/C10H19N3O2/c1-7-9(3-4-11-7)10(15)13-6-5-12-8(2)14/h7,9,11H,3-6H2,1-2H3,(H,12,14)(H,13,15). The summed E-state index contributed by atoms with van der Waals surface area (Å²) in [4.78, 5) is 22.2. The van der Waals surface area contributed by atoms with Gasteiger partial charge in [0, 0.05) is 26.1 Å². The van der Waals surface area contributed by atoms with Crippen LogP contribution in [0.25, 0.3) is 0 Å². The highest BCUT2D eigenvalue weighted by molar-refractivity contribution is 5.79. The normalized spacial score (nSPS) is 24.9. The van der Waals surface area contributed by atoms with E-state index >= 15 is 0 Å². The molecule has 0 aromatic heterocycles. The highest BCUT2D eigenvalue weighted by atomic mass is 16.2. The summed E-state index contributed by atoms with van der Waals surface area (Å²) in [5.74, 6) is 0.0836. The van der Waals surface area contributed by atoms with Crippen LogP contribution < -0.4 is 16.0 Å². The van der Waals surface area contributed by atoms with Crippen molar-refractivity contribution >= 4 is 11.8 Å². The number of carbonyl (C=O) groups excluding carboxylic acids is 2. The molecular formula is C10H19N3O2. The highest BCUT2D eigenvalue weighted by Crippen LogP contribution is 2.14. The van der Waals surface area contributed by atoms with E-state index in [1.54, 1.807) is 0 Å². The van der Waals surface area contributed by atoms with Gasteiger partial charge in [0.25, 0.3) is 0 Å². The van der Waals surface area contributed by atoms with Crippen molar-refractivity contribution in [2.45, 2.75) is 26.3 Å². The quantitative estimate of drug-likeness (QED) is 0.537. The third-order valence-corrected chi connectivity index (χ3v) is 2.66. The van der Waals surface area contributed by atoms with Crippen molar-refractivity contribution in [3.8, 4) is 0 Å². The monoisotopic (exact) mass is 213 g/mol. The van der Waals surface area contributed by atoms with E-state index in [0.29, 0.717) is 13.1 Å². The zero-order valence-corrected chi connectivity index (χ0v) is 9.30. The second-order valence-corrected chi connectivity index (χ2v) is 3.91. The second kappa shape index (κ2) is 5.70. The molecule has 5 nitrogen and oxygen atoms in total. The van der Waals surface area contributed by atoms with Crippen LogP contribution in [0.4, 0.5) is 0 Å². The molecule has 0 aliphatic carbocycles. The summed E-state index contributed by atoms with van der Waals surface area (Å²) in [5.41, 5.74) is 0. The minimum atomic E-state index is -0.0693. The lowest BCUT2D eigenvalue weighted by Gasteiger charge is -2.14. The van der Waals surface area contributed by atoms with Crippen molar-refractivity contribution < 1.29 is 9.59 Å². The van der Waals surface area contributed by atoms with Gasteiger partial charge in [-0.2, -0.15) is 0 Å². The second-order valence-electron chi connectivity index (χ2n) is 3.91. The zero-order valence-electron chi connectivity index (χ0n) is 9.30. The molecule has 2 atom stereocenters. The minimum Gasteiger partial charge on any atom is -0.355 e. The van der Waals surface area contributed by atoms with Crippen molar-refractivity contribution in [1.82, 2.24) is 16.0 Å². The molecule has 5 heteroatoms. The molecule has 0 spiro atoms. The van der Waals surface area contributed by atoms with Crippen LogP contribution >= 0.6 is 0 Å². The summed E-state index contributed by atoms with van der Waals surface area (Å²) >= 11 is 0. The predicted molar refractivity (Wildman–Crippen MR) is 57.3 cm³/mol. The van der Waals surface area contributed by atoms with E-state index in [1.165, 1.54) is 6.92 Å². The lowest BCUT2D eigenvalue weighted by atomic mass is 10.0. The molecule has 1 saturated heterocycles. The van der Waals surface area contributed by atoms with E-state index < -0.39 is 0 Å². The summed E-state index contributed by atoms with van der Waals surface area (Å²) in [7, 11) is 0. The Bertz CT molecular complexity index is 243.